The monoisotopic (exact) mass is 341 g/mol. The zero-order valence-corrected chi connectivity index (χ0v) is 14.6. The molecular weight excluding hydrogens is 314 g/mol. The van der Waals surface area contributed by atoms with Crippen molar-refractivity contribution in [1.29, 1.82) is 0 Å². The summed E-state index contributed by atoms with van der Waals surface area (Å²) in [4.78, 5) is 2.37. The molecule has 0 aromatic heterocycles. The molecule has 1 aromatic rings. The molecule has 0 radical (unpaired) electrons. The van der Waals surface area contributed by atoms with Gasteiger partial charge in [0.2, 0.25) is 10.0 Å². The highest BCUT2D eigenvalue weighted by atomic mass is 32.2. The first kappa shape index (κ1) is 18.0. The van der Waals surface area contributed by atoms with E-state index in [1.807, 2.05) is 19.1 Å². The average molecular weight is 341 g/mol. The molecule has 1 fully saturated rings. The Morgan fingerprint density at radius 3 is 2.43 bits per heavy atom. The van der Waals surface area contributed by atoms with Crippen molar-refractivity contribution in [2.45, 2.75) is 19.8 Å². The maximum atomic E-state index is 11.8. The summed E-state index contributed by atoms with van der Waals surface area (Å²) in [5, 5.41) is 3.36. The lowest BCUT2D eigenvalue weighted by molar-refractivity contribution is 0.0398. The molecule has 2 N–H and O–H groups in total. The lowest BCUT2D eigenvalue weighted by Crippen LogP contribution is -2.38. The first-order valence-corrected chi connectivity index (χ1v) is 9.89. The standard InChI is InChI=1S/C16H27N3O3S/c1-2-3-14-23(20,21)18-16-6-4-15(5-7-16)17-8-9-19-10-12-22-13-11-19/h4-7,17-18H,2-3,8-14H2,1H3. The van der Waals surface area contributed by atoms with Crippen molar-refractivity contribution in [3.05, 3.63) is 24.3 Å². The van der Waals surface area contributed by atoms with Gasteiger partial charge in [-0.25, -0.2) is 8.42 Å². The van der Waals surface area contributed by atoms with Crippen molar-refractivity contribution < 1.29 is 13.2 Å². The number of nitrogens with zero attached hydrogens (tertiary/aromatic N) is 1. The fourth-order valence-corrected chi connectivity index (χ4v) is 3.67. The smallest absolute Gasteiger partial charge is 0.232 e. The molecule has 0 bridgehead atoms. The quantitative estimate of drug-likeness (QED) is 0.719. The third kappa shape index (κ3) is 6.76. The van der Waals surface area contributed by atoms with E-state index in [1.54, 1.807) is 12.1 Å². The van der Waals surface area contributed by atoms with Crippen LogP contribution in [-0.4, -0.2) is 58.5 Å². The van der Waals surface area contributed by atoms with Gasteiger partial charge in [-0.2, -0.15) is 0 Å². The third-order valence-corrected chi connectivity index (χ3v) is 5.16. The molecule has 6 nitrogen and oxygen atoms in total. The molecule has 0 atom stereocenters. The largest absolute Gasteiger partial charge is 0.384 e. The minimum atomic E-state index is -3.23. The Bertz CT molecular complexity index is 554. The van der Waals surface area contributed by atoms with E-state index in [2.05, 4.69) is 14.9 Å². The van der Waals surface area contributed by atoms with Crippen LogP contribution in [0.25, 0.3) is 0 Å². The lowest BCUT2D eigenvalue weighted by Gasteiger charge is -2.26. The maximum absolute atomic E-state index is 11.8. The average Bonchev–Trinajstić information content (AvgIpc) is 2.55. The van der Waals surface area contributed by atoms with Crippen molar-refractivity contribution in [2.24, 2.45) is 0 Å². The summed E-state index contributed by atoms with van der Waals surface area (Å²) < 4.78 is 31.6. The summed E-state index contributed by atoms with van der Waals surface area (Å²) in [6, 6.07) is 7.38. The normalized spacial score (nSPS) is 16.2. The Balaban J connectivity index is 1.75. The van der Waals surface area contributed by atoms with Gasteiger partial charge in [0.1, 0.15) is 0 Å². The van der Waals surface area contributed by atoms with Crippen LogP contribution in [-0.2, 0) is 14.8 Å². The molecule has 0 spiro atoms. The highest BCUT2D eigenvalue weighted by Crippen LogP contribution is 2.15. The van der Waals surface area contributed by atoms with E-state index in [0.29, 0.717) is 12.1 Å². The molecule has 1 aliphatic rings. The first-order chi connectivity index (χ1) is 11.1. The van der Waals surface area contributed by atoms with Crippen molar-refractivity contribution in [3.63, 3.8) is 0 Å². The number of hydrogen-bond acceptors (Lipinski definition) is 5. The molecular formula is C16H27N3O3S. The maximum Gasteiger partial charge on any atom is 0.232 e. The zero-order chi connectivity index (χ0) is 16.5. The highest BCUT2D eigenvalue weighted by Gasteiger charge is 2.10. The van der Waals surface area contributed by atoms with E-state index < -0.39 is 10.0 Å². The molecule has 130 valence electrons. The Morgan fingerprint density at radius 2 is 1.78 bits per heavy atom. The van der Waals surface area contributed by atoms with Gasteiger partial charge in [0.15, 0.2) is 0 Å². The summed E-state index contributed by atoms with van der Waals surface area (Å²) in [6.45, 7) is 7.42. The highest BCUT2D eigenvalue weighted by molar-refractivity contribution is 7.92. The molecule has 7 heteroatoms. The van der Waals surface area contributed by atoms with Crippen LogP contribution in [0.5, 0.6) is 0 Å². The minimum absolute atomic E-state index is 0.170. The van der Waals surface area contributed by atoms with Crippen molar-refractivity contribution in [3.8, 4) is 0 Å². The molecule has 1 heterocycles. The van der Waals surface area contributed by atoms with Crippen LogP contribution in [0.3, 0.4) is 0 Å². The van der Waals surface area contributed by atoms with Gasteiger partial charge in [0, 0.05) is 37.6 Å². The van der Waals surface area contributed by atoms with Gasteiger partial charge < -0.3 is 10.1 Å². The molecule has 1 aliphatic heterocycles. The number of ether oxygens (including phenoxy) is 1. The van der Waals surface area contributed by atoms with Crippen LogP contribution in [0.4, 0.5) is 11.4 Å². The number of rotatable bonds is 9. The van der Waals surface area contributed by atoms with Crippen molar-refractivity contribution in [1.82, 2.24) is 4.90 Å². The van der Waals surface area contributed by atoms with Gasteiger partial charge in [-0.05, 0) is 30.7 Å². The first-order valence-electron chi connectivity index (χ1n) is 8.23. The lowest BCUT2D eigenvalue weighted by atomic mass is 10.3. The van der Waals surface area contributed by atoms with E-state index in [1.165, 1.54) is 0 Å². The molecule has 0 unspecified atom stereocenters. The summed E-state index contributed by atoms with van der Waals surface area (Å²) in [5.74, 6) is 0.170. The predicted octanol–water partition coefficient (Wildman–Crippen LogP) is 1.97. The van der Waals surface area contributed by atoms with E-state index in [-0.39, 0.29) is 5.75 Å². The molecule has 1 saturated heterocycles. The van der Waals surface area contributed by atoms with Crippen molar-refractivity contribution >= 4 is 21.4 Å². The Kier molecular flexibility index (Phi) is 7.14. The summed E-state index contributed by atoms with van der Waals surface area (Å²) >= 11 is 0. The van der Waals surface area contributed by atoms with E-state index in [9.17, 15) is 8.42 Å². The second kappa shape index (κ2) is 9.10. The van der Waals surface area contributed by atoms with Crippen LogP contribution in [0, 0.1) is 0 Å². The Morgan fingerprint density at radius 1 is 1.13 bits per heavy atom. The number of benzene rings is 1. The molecule has 23 heavy (non-hydrogen) atoms. The van der Waals surface area contributed by atoms with Crippen molar-refractivity contribution in [2.75, 3.05) is 55.2 Å². The minimum Gasteiger partial charge on any atom is -0.384 e. The number of sulfonamides is 1. The fraction of sp³-hybridized carbons (Fsp3) is 0.625. The van der Waals surface area contributed by atoms with Gasteiger partial charge in [-0.3, -0.25) is 9.62 Å². The number of unbranched alkanes of at least 4 members (excludes halogenated alkanes) is 1. The van der Waals surface area contributed by atoms with E-state index in [0.717, 1.165) is 51.5 Å². The van der Waals surface area contributed by atoms with E-state index >= 15 is 0 Å². The van der Waals surface area contributed by atoms with E-state index in [4.69, 9.17) is 4.74 Å². The van der Waals surface area contributed by atoms with Gasteiger partial charge in [-0.1, -0.05) is 13.3 Å². The van der Waals surface area contributed by atoms with Crippen LogP contribution < -0.4 is 10.0 Å². The zero-order valence-electron chi connectivity index (χ0n) is 13.8. The molecule has 0 aliphatic carbocycles. The topological polar surface area (TPSA) is 70.7 Å². The van der Waals surface area contributed by atoms with Crippen LogP contribution >= 0.6 is 0 Å². The Hall–Kier alpha value is -1.31. The predicted molar refractivity (Wildman–Crippen MR) is 94.5 cm³/mol. The summed E-state index contributed by atoms with van der Waals surface area (Å²) in [6.07, 6.45) is 1.55. The van der Waals surface area contributed by atoms with Gasteiger partial charge in [0.25, 0.3) is 0 Å². The summed E-state index contributed by atoms with van der Waals surface area (Å²) in [5.41, 5.74) is 1.61. The number of anilines is 2. The third-order valence-electron chi connectivity index (χ3n) is 3.79. The fourth-order valence-electron chi connectivity index (χ4n) is 2.40. The van der Waals surface area contributed by atoms with Gasteiger partial charge >= 0.3 is 0 Å². The SMILES string of the molecule is CCCCS(=O)(=O)Nc1ccc(NCCN2CCOCC2)cc1. The number of morpholine rings is 1. The molecule has 0 amide bonds. The molecule has 1 aromatic carbocycles. The van der Waals surface area contributed by atoms with Gasteiger partial charge in [0.05, 0.1) is 19.0 Å². The molecule has 2 rings (SSSR count). The Labute approximate surface area is 139 Å². The number of hydrogen-bond donors (Lipinski definition) is 2. The van der Waals surface area contributed by atoms with Crippen LogP contribution in [0.1, 0.15) is 19.8 Å². The molecule has 0 saturated carbocycles. The second-order valence-corrected chi connectivity index (χ2v) is 7.57. The summed E-state index contributed by atoms with van der Waals surface area (Å²) in [7, 11) is -3.23. The van der Waals surface area contributed by atoms with Crippen LogP contribution in [0.2, 0.25) is 0 Å². The van der Waals surface area contributed by atoms with Gasteiger partial charge in [-0.15, -0.1) is 0 Å². The second-order valence-electron chi connectivity index (χ2n) is 5.73. The van der Waals surface area contributed by atoms with Crippen LogP contribution in [0.15, 0.2) is 24.3 Å². The number of nitrogens with one attached hydrogen (secondary N) is 2.